The largest absolute Gasteiger partial charge is 0.481 e. The second kappa shape index (κ2) is 6.62. The quantitative estimate of drug-likeness (QED) is 0.858. The van der Waals surface area contributed by atoms with Crippen molar-refractivity contribution in [1.82, 2.24) is 4.90 Å². The van der Waals surface area contributed by atoms with E-state index in [0.29, 0.717) is 23.1 Å². The molecule has 1 aliphatic rings. The van der Waals surface area contributed by atoms with E-state index >= 15 is 0 Å². The molecule has 0 radical (unpaired) electrons. The maximum absolute atomic E-state index is 12.5. The minimum Gasteiger partial charge on any atom is -0.481 e. The van der Waals surface area contributed by atoms with Crippen molar-refractivity contribution in [3.63, 3.8) is 0 Å². The maximum Gasteiger partial charge on any atom is 0.263 e. The smallest absolute Gasteiger partial charge is 0.263 e. The van der Waals surface area contributed by atoms with Crippen molar-refractivity contribution >= 4 is 5.91 Å². The molecule has 1 fully saturated rings. The van der Waals surface area contributed by atoms with Crippen LogP contribution in [0.5, 0.6) is 5.75 Å². The van der Waals surface area contributed by atoms with Gasteiger partial charge in [0.25, 0.3) is 5.91 Å². The molecule has 1 heterocycles. The average molecular weight is 286 g/mol. The Morgan fingerprint density at radius 2 is 1.86 bits per heavy atom. The molecule has 2 rings (SSSR count). The summed E-state index contributed by atoms with van der Waals surface area (Å²) >= 11 is 0. The van der Waals surface area contributed by atoms with E-state index in [-0.39, 0.29) is 5.91 Å². The van der Waals surface area contributed by atoms with Gasteiger partial charge in [-0.15, -0.1) is 0 Å². The fraction of sp³-hybridized carbons (Fsp3) is 0.529. The van der Waals surface area contributed by atoms with E-state index in [2.05, 4.69) is 19.9 Å². The minimum atomic E-state index is -0.504. The highest BCUT2D eigenvalue weighted by Gasteiger charge is 2.29. The average Bonchev–Trinajstić information content (AvgIpc) is 2.46. The van der Waals surface area contributed by atoms with Crippen LogP contribution in [0, 0.1) is 23.2 Å². The monoisotopic (exact) mass is 286 g/mol. The van der Waals surface area contributed by atoms with Crippen LogP contribution in [0.3, 0.4) is 0 Å². The van der Waals surface area contributed by atoms with Crippen LogP contribution in [0.15, 0.2) is 24.3 Å². The zero-order valence-corrected chi connectivity index (χ0v) is 12.9. The number of likely N-dealkylation sites (tertiary alicyclic amines) is 1. The molecule has 1 aliphatic heterocycles. The van der Waals surface area contributed by atoms with Crippen molar-refractivity contribution in [2.24, 2.45) is 11.8 Å². The number of hydrogen-bond acceptors (Lipinski definition) is 3. The zero-order chi connectivity index (χ0) is 15.4. The van der Waals surface area contributed by atoms with Crippen molar-refractivity contribution < 1.29 is 9.53 Å². The molecule has 0 aromatic heterocycles. The lowest BCUT2D eigenvalue weighted by atomic mass is 9.91. The van der Waals surface area contributed by atoms with Crippen molar-refractivity contribution in [2.45, 2.75) is 33.3 Å². The highest BCUT2D eigenvalue weighted by molar-refractivity contribution is 5.81. The number of benzene rings is 1. The van der Waals surface area contributed by atoms with Crippen LogP contribution in [0.1, 0.15) is 32.8 Å². The lowest BCUT2D eigenvalue weighted by molar-refractivity contribution is -0.140. The minimum absolute atomic E-state index is 0.0396. The van der Waals surface area contributed by atoms with Gasteiger partial charge in [0.1, 0.15) is 5.75 Å². The standard InChI is InChI=1S/C17H22N2O2/c1-12-8-13(2)11-19(10-12)17(20)14(3)21-16-6-4-15(9-18)5-7-16/h4-7,12-14H,8,10-11H2,1-3H3/t12-,13-,14-/m1/s1. The van der Waals surface area contributed by atoms with Gasteiger partial charge in [0, 0.05) is 13.1 Å². The van der Waals surface area contributed by atoms with Crippen molar-refractivity contribution in [3.05, 3.63) is 29.8 Å². The Morgan fingerprint density at radius 1 is 1.29 bits per heavy atom. The third kappa shape index (κ3) is 3.98. The molecule has 1 amide bonds. The molecule has 1 saturated heterocycles. The van der Waals surface area contributed by atoms with Gasteiger partial charge in [-0.25, -0.2) is 0 Å². The Bertz CT molecular complexity index is 523. The molecule has 0 aliphatic carbocycles. The number of carbonyl (C=O) groups is 1. The Morgan fingerprint density at radius 3 is 2.38 bits per heavy atom. The molecule has 21 heavy (non-hydrogen) atoms. The molecule has 1 aromatic rings. The Kier molecular flexibility index (Phi) is 4.85. The summed E-state index contributed by atoms with van der Waals surface area (Å²) in [6.07, 6.45) is 0.671. The molecular formula is C17H22N2O2. The lowest BCUT2D eigenvalue weighted by Crippen LogP contribution is -2.47. The molecule has 0 N–H and O–H groups in total. The van der Waals surface area contributed by atoms with Crippen LogP contribution < -0.4 is 4.74 Å². The number of nitrogens with zero attached hydrogens (tertiary/aromatic N) is 2. The summed E-state index contributed by atoms with van der Waals surface area (Å²) < 4.78 is 5.70. The molecule has 0 spiro atoms. The number of piperidine rings is 1. The number of ether oxygens (including phenoxy) is 1. The molecule has 1 aromatic carbocycles. The Labute approximate surface area is 126 Å². The van der Waals surface area contributed by atoms with E-state index in [0.717, 1.165) is 13.1 Å². The topological polar surface area (TPSA) is 53.3 Å². The third-order valence-electron chi connectivity index (χ3n) is 3.82. The molecule has 0 unspecified atom stereocenters. The normalized spacial score (nSPS) is 23.2. The summed E-state index contributed by atoms with van der Waals surface area (Å²) in [7, 11) is 0. The first-order chi connectivity index (χ1) is 9.99. The number of nitriles is 1. The second-order valence-corrected chi connectivity index (χ2v) is 6.09. The molecule has 112 valence electrons. The molecule has 0 bridgehead atoms. The van der Waals surface area contributed by atoms with Gasteiger partial charge >= 0.3 is 0 Å². The van der Waals surface area contributed by atoms with Crippen LogP contribution in [0.25, 0.3) is 0 Å². The van der Waals surface area contributed by atoms with Gasteiger partial charge in [-0.3, -0.25) is 4.79 Å². The fourth-order valence-electron chi connectivity index (χ4n) is 2.96. The highest BCUT2D eigenvalue weighted by atomic mass is 16.5. The van der Waals surface area contributed by atoms with E-state index in [1.807, 2.05) is 4.90 Å². The molecular weight excluding hydrogens is 264 g/mol. The number of hydrogen-bond donors (Lipinski definition) is 0. The van der Waals surface area contributed by atoms with Gasteiger partial charge in [0.2, 0.25) is 0 Å². The van der Waals surface area contributed by atoms with Crippen LogP contribution in [0.4, 0.5) is 0 Å². The van der Waals surface area contributed by atoms with Crippen molar-refractivity contribution in [1.29, 1.82) is 5.26 Å². The first-order valence-electron chi connectivity index (χ1n) is 7.45. The van der Waals surface area contributed by atoms with Gasteiger partial charge in [0.15, 0.2) is 6.10 Å². The Balaban J connectivity index is 1.97. The second-order valence-electron chi connectivity index (χ2n) is 6.09. The van der Waals surface area contributed by atoms with Crippen molar-refractivity contribution in [3.8, 4) is 11.8 Å². The molecule has 3 atom stereocenters. The van der Waals surface area contributed by atoms with E-state index in [4.69, 9.17) is 10.00 Å². The van der Waals surface area contributed by atoms with Gasteiger partial charge in [-0.1, -0.05) is 13.8 Å². The van der Waals surface area contributed by atoms with Gasteiger partial charge < -0.3 is 9.64 Å². The van der Waals surface area contributed by atoms with E-state index in [1.165, 1.54) is 6.42 Å². The maximum atomic E-state index is 12.5. The fourth-order valence-corrected chi connectivity index (χ4v) is 2.96. The Hall–Kier alpha value is -2.02. The summed E-state index contributed by atoms with van der Waals surface area (Å²) in [5.74, 6) is 1.74. The van der Waals surface area contributed by atoms with E-state index < -0.39 is 6.10 Å². The zero-order valence-electron chi connectivity index (χ0n) is 12.9. The predicted molar refractivity (Wildman–Crippen MR) is 80.8 cm³/mol. The number of amides is 1. The SMILES string of the molecule is C[C@@H]1C[C@@H](C)CN(C(=O)[C@@H](C)Oc2ccc(C#N)cc2)C1. The summed E-state index contributed by atoms with van der Waals surface area (Å²) in [5.41, 5.74) is 0.583. The van der Waals surface area contributed by atoms with Crippen LogP contribution >= 0.6 is 0 Å². The van der Waals surface area contributed by atoms with E-state index in [9.17, 15) is 4.79 Å². The summed E-state index contributed by atoms with van der Waals surface area (Å²) in [6, 6.07) is 8.90. The van der Waals surface area contributed by atoms with Gasteiger partial charge in [-0.05, 0) is 49.4 Å². The van der Waals surface area contributed by atoms with Gasteiger partial charge in [0.05, 0.1) is 11.6 Å². The van der Waals surface area contributed by atoms with E-state index in [1.54, 1.807) is 31.2 Å². The molecule has 0 saturated carbocycles. The van der Waals surface area contributed by atoms with Crippen LogP contribution in [0.2, 0.25) is 0 Å². The van der Waals surface area contributed by atoms with Crippen LogP contribution in [-0.4, -0.2) is 30.0 Å². The highest BCUT2D eigenvalue weighted by Crippen LogP contribution is 2.22. The molecule has 4 heteroatoms. The third-order valence-corrected chi connectivity index (χ3v) is 3.82. The number of carbonyl (C=O) groups excluding carboxylic acids is 1. The number of rotatable bonds is 3. The lowest BCUT2D eigenvalue weighted by Gasteiger charge is -2.36. The van der Waals surface area contributed by atoms with Gasteiger partial charge in [-0.2, -0.15) is 5.26 Å². The molecule has 4 nitrogen and oxygen atoms in total. The summed E-state index contributed by atoms with van der Waals surface area (Å²) in [4.78, 5) is 14.4. The first-order valence-corrected chi connectivity index (χ1v) is 7.45. The van der Waals surface area contributed by atoms with Crippen LogP contribution in [-0.2, 0) is 4.79 Å². The first kappa shape index (κ1) is 15.4. The summed E-state index contributed by atoms with van der Waals surface area (Å²) in [6.45, 7) is 7.77. The summed E-state index contributed by atoms with van der Waals surface area (Å²) in [5, 5.41) is 8.77. The van der Waals surface area contributed by atoms with Crippen molar-refractivity contribution in [2.75, 3.05) is 13.1 Å². The predicted octanol–water partition coefficient (Wildman–Crippen LogP) is 2.83.